The highest BCUT2D eigenvalue weighted by Gasteiger charge is 2.27. The van der Waals surface area contributed by atoms with Gasteiger partial charge in [-0.1, -0.05) is 32.4 Å². The molecular weight excluding hydrogens is 216 g/mol. The second kappa shape index (κ2) is 3.51. The van der Waals surface area contributed by atoms with Crippen molar-refractivity contribution in [1.29, 1.82) is 0 Å². The summed E-state index contributed by atoms with van der Waals surface area (Å²) in [6.07, 6.45) is 0. The van der Waals surface area contributed by atoms with Crippen LogP contribution in [0.4, 0.5) is 0 Å². The van der Waals surface area contributed by atoms with Crippen molar-refractivity contribution in [2.75, 3.05) is 13.2 Å². The molecule has 2 heterocycles. The van der Waals surface area contributed by atoms with Gasteiger partial charge >= 0.3 is 0 Å². The van der Waals surface area contributed by atoms with E-state index in [0.29, 0.717) is 5.92 Å². The van der Waals surface area contributed by atoms with Crippen LogP contribution in [0, 0.1) is 0 Å². The van der Waals surface area contributed by atoms with Crippen molar-refractivity contribution in [2.45, 2.75) is 32.1 Å². The van der Waals surface area contributed by atoms with Crippen LogP contribution in [-0.4, -0.2) is 13.2 Å². The molecule has 1 saturated heterocycles. The Kier molecular flexibility index (Phi) is 2.63. The number of thiophene rings is 1. The molecule has 0 saturated carbocycles. The van der Waals surface area contributed by atoms with Crippen LogP contribution in [0.3, 0.4) is 0 Å². The minimum Gasteiger partial charge on any atom is -0.380 e. The zero-order chi connectivity index (χ0) is 10.3. The van der Waals surface area contributed by atoms with Gasteiger partial charge in [-0.25, -0.2) is 0 Å². The first kappa shape index (κ1) is 10.5. The lowest BCUT2D eigenvalue weighted by atomic mass is 9.92. The minimum atomic E-state index is 0.206. The Bertz CT molecular complexity index is 334. The normalized spacial score (nSPS) is 18.3. The predicted octanol–water partition coefficient (Wildman–Crippen LogP) is 3.81. The third-order valence-electron chi connectivity index (χ3n) is 2.53. The van der Waals surface area contributed by atoms with Gasteiger partial charge in [-0.05, 0) is 17.0 Å². The molecule has 14 heavy (non-hydrogen) atoms. The summed E-state index contributed by atoms with van der Waals surface area (Å²) in [4.78, 5) is 1.37. The van der Waals surface area contributed by atoms with Crippen LogP contribution in [0.1, 0.15) is 37.1 Å². The van der Waals surface area contributed by atoms with Crippen LogP contribution in [0.2, 0.25) is 4.34 Å². The number of halogens is 1. The summed E-state index contributed by atoms with van der Waals surface area (Å²) in [6.45, 7) is 8.32. The van der Waals surface area contributed by atoms with E-state index in [1.165, 1.54) is 10.4 Å². The fourth-order valence-electron chi connectivity index (χ4n) is 1.45. The van der Waals surface area contributed by atoms with Gasteiger partial charge in [-0.2, -0.15) is 0 Å². The van der Waals surface area contributed by atoms with E-state index in [1.54, 1.807) is 11.3 Å². The largest absolute Gasteiger partial charge is 0.380 e. The van der Waals surface area contributed by atoms with E-state index in [4.69, 9.17) is 16.3 Å². The highest BCUT2D eigenvalue weighted by atomic mass is 35.5. The van der Waals surface area contributed by atoms with Gasteiger partial charge in [0.2, 0.25) is 0 Å². The summed E-state index contributed by atoms with van der Waals surface area (Å²) < 4.78 is 6.13. The van der Waals surface area contributed by atoms with Gasteiger partial charge in [0.25, 0.3) is 0 Å². The average molecular weight is 231 g/mol. The van der Waals surface area contributed by atoms with Crippen LogP contribution in [0.25, 0.3) is 0 Å². The molecule has 78 valence electrons. The highest BCUT2D eigenvalue weighted by Crippen LogP contribution is 2.40. The van der Waals surface area contributed by atoms with Gasteiger partial charge in [0, 0.05) is 10.8 Å². The van der Waals surface area contributed by atoms with Gasteiger partial charge in [-0.3, -0.25) is 0 Å². The predicted molar refractivity (Wildman–Crippen MR) is 61.6 cm³/mol. The smallest absolute Gasteiger partial charge is 0.0967 e. The summed E-state index contributed by atoms with van der Waals surface area (Å²) in [5, 5.41) is 0. The van der Waals surface area contributed by atoms with Crippen molar-refractivity contribution < 1.29 is 4.74 Å². The van der Waals surface area contributed by atoms with E-state index in [1.807, 2.05) is 0 Å². The Balaban J connectivity index is 2.29. The van der Waals surface area contributed by atoms with Crippen LogP contribution in [0.5, 0.6) is 0 Å². The first-order valence-corrected chi connectivity index (χ1v) is 6.05. The molecule has 0 aromatic carbocycles. The van der Waals surface area contributed by atoms with E-state index in [9.17, 15) is 0 Å². The molecule has 0 amide bonds. The van der Waals surface area contributed by atoms with Gasteiger partial charge in [0.05, 0.1) is 17.6 Å². The lowest BCUT2D eigenvalue weighted by Gasteiger charge is -2.25. The maximum absolute atomic E-state index is 6.22. The van der Waals surface area contributed by atoms with Crippen molar-refractivity contribution >= 4 is 22.9 Å². The SMILES string of the molecule is CC(C)(C)c1cc(C2COC2)c(Cl)s1. The lowest BCUT2D eigenvalue weighted by Crippen LogP contribution is -2.24. The molecule has 1 aliphatic heterocycles. The van der Waals surface area contributed by atoms with Gasteiger partial charge in [-0.15, -0.1) is 11.3 Å². The second-order valence-electron chi connectivity index (χ2n) is 4.82. The van der Waals surface area contributed by atoms with Crippen molar-refractivity contribution in [3.8, 4) is 0 Å². The first-order valence-electron chi connectivity index (χ1n) is 4.86. The van der Waals surface area contributed by atoms with Crippen LogP contribution in [-0.2, 0) is 10.2 Å². The number of rotatable bonds is 1. The number of hydrogen-bond donors (Lipinski definition) is 0. The molecule has 1 fully saturated rings. The molecule has 0 aliphatic carbocycles. The zero-order valence-electron chi connectivity index (χ0n) is 8.76. The average Bonchev–Trinajstić information content (AvgIpc) is 2.28. The molecular formula is C11H15ClOS. The zero-order valence-corrected chi connectivity index (χ0v) is 10.3. The third-order valence-corrected chi connectivity index (χ3v) is 4.34. The summed E-state index contributed by atoms with van der Waals surface area (Å²) in [5.74, 6) is 0.537. The second-order valence-corrected chi connectivity index (χ2v) is 6.48. The fourth-order valence-corrected chi connectivity index (χ4v) is 2.93. The van der Waals surface area contributed by atoms with Crippen LogP contribution >= 0.6 is 22.9 Å². The van der Waals surface area contributed by atoms with Crippen LogP contribution < -0.4 is 0 Å². The minimum absolute atomic E-state index is 0.206. The summed E-state index contributed by atoms with van der Waals surface area (Å²) in [5.41, 5.74) is 1.49. The van der Waals surface area contributed by atoms with Gasteiger partial charge in [0.1, 0.15) is 0 Å². The fraction of sp³-hybridized carbons (Fsp3) is 0.636. The molecule has 3 heteroatoms. The van der Waals surface area contributed by atoms with Crippen molar-refractivity contribution in [3.63, 3.8) is 0 Å². The molecule has 2 rings (SSSR count). The standard InChI is InChI=1S/C11H15ClOS/c1-11(2,3)9-4-8(10(12)14-9)7-5-13-6-7/h4,7H,5-6H2,1-3H3. The van der Waals surface area contributed by atoms with Crippen molar-refractivity contribution in [1.82, 2.24) is 0 Å². The van der Waals surface area contributed by atoms with E-state index in [0.717, 1.165) is 17.6 Å². The lowest BCUT2D eigenvalue weighted by molar-refractivity contribution is 0.00859. The van der Waals surface area contributed by atoms with Gasteiger partial charge in [0.15, 0.2) is 0 Å². The monoisotopic (exact) mass is 230 g/mol. The van der Waals surface area contributed by atoms with E-state index < -0.39 is 0 Å². The van der Waals surface area contributed by atoms with Crippen LogP contribution in [0.15, 0.2) is 6.07 Å². The molecule has 1 nitrogen and oxygen atoms in total. The summed E-state index contributed by atoms with van der Waals surface area (Å²) in [6, 6.07) is 2.25. The molecule has 0 N–H and O–H groups in total. The maximum atomic E-state index is 6.22. The first-order chi connectivity index (χ1) is 6.48. The molecule has 1 aromatic heterocycles. The molecule has 0 spiro atoms. The van der Waals surface area contributed by atoms with E-state index in [-0.39, 0.29) is 5.41 Å². The Morgan fingerprint density at radius 2 is 2.07 bits per heavy atom. The van der Waals surface area contributed by atoms with Crippen molar-refractivity contribution in [2.24, 2.45) is 0 Å². The Morgan fingerprint density at radius 3 is 2.43 bits per heavy atom. The maximum Gasteiger partial charge on any atom is 0.0967 e. The highest BCUT2D eigenvalue weighted by molar-refractivity contribution is 7.16. The summed E-state index contributed by atoms with van der Waals surface area (Å²) in [7, 11) is 0. The molecule has 0 unspecified atom stereocenters. The Morgan fingerprint density at radius 1 is 1.43 bits per heavy atom. The number of ether oxygens (including phenoxy) is 1. The third kappa shape index (κ3) is 1.83. The molecule has 0 bridgehead atoms. The molecule has 0 atom stereocenters. The van der Waals surface area contributed by atoms with E-state index >= 15 is 0 Å². The summed E-state index contributed by atoms with van der Waals surface area (Å²) >= 11 is 7.93. The molecule has 1 aliphatic rings. The van der Waals surface area contributed by atoms with E-state index in [2.05, 4.69) is 26.8 Å². The van der Waals surface area contributed by atoms with Crippen molar-refractivity contribution in [3.05, 3.63) is 20.8 Å². The topological polar surface area (TPSA) is 9.23 Å². The molecule has 1 aromatic rings. The number of hydrogen-bond acceptors (Lipinski definition) is 2. The molecule has 0 radical (unpaired) electrons. The van der Waals surface area contributed by atoms with Gasteiger partial charge < -0.3 is 4.74 Å². The quantitative estimate of drug-likeness (QED) is 0.713. The Labute approximate surface area is 94.0 Å². The Hall–Kier alpha value is -0.0500.